The lowest BCUT2D eigenvalue weighted by Gasteiger charge is -2.08. The molecule has 3 aromatic rings. The average molecular weight is 367 g/mol. The van der Waals surface area contributed by atoms with E-state index in [0.29, 0.717) is 23.7 Å². The summed E-state index contributed by atoms with van der Waals surface area (Å²) in [4.78, 5) is 27.3. The summed E-state index contributed by atoms with van der Waals surface area (Å²) in [7, 11) is 1.58. The minimum absolute atomic E-state index is 0.134. The molecule has 0 saturated heterocycles. The zero-order valence-electron chi connectivity index (χ0n) is 15.2. The van der Waals surface area contributed by atoms with Gasteiger partial charge in [-0.3, -0.25) is 9.59 Å². The highest BCUT2D eigenvalue weighted by Crippen LogP contribution is 2.21. The highest BCUT2D eigenvalue weighted by molar-refractivity contribution is 6.01. The number of carbonyl (C=O) groups is 2. The van der Waals surface area contributed by atoms with Gasteiger partial charge in [0.05, 0.1) is 20.3 Å². The van der Waals surface area contributed by atoms with Crippen LogP contribution < -0.4 is 20.1 Å². The molecule has 0 bridgehead atoms. The summed E-state index contributed by atoms with van der Waals surface area (Å²) in [5.41, 5.74) is 1.81. The summed E-state index contributed by atoms with van der Waals surface area (Å²) in [6, 6.07) is 14.3. The summed E-state index contributed by atoms with van der Waals surface area (Å²) < 4.78 is 10.5. The van der Waals surface area contributed by atoms with Gasteiger partial charge in [0.1, 0.15) is 17.2 Å². The van der Waals surface area contributed by atoms with Gasteiger partial charge >= 0.3 is 0 Å². The maximum atomic E-state index is 12.3. The van der Waals surface area contributed by atoms with E-state index in [1.165, 1.54) is 0 Å². The largest absolute Gasteiger partial charge is 0.497 e. The molecule has 0 saturated carbocycles. The van der Waals surface area contributed by atoms with Crippen molar-refractivity contribution in [2.45, 2.75) is 6.92 Å². The van der Waals surface area contributed by atoms with E-state index in [1.807, 2.05) is 25.1 Å². The number of benzene rings is 2. The van der Waals surface area contributed by atoms with Gasteiger partial charge in [-0.15, -0.1) is 0 Å². The van der Waals surface area contributed by atoms with E-state index in [1.54, 1.807) is 37.4 Å². The van der Waals surface area contributed by atoms with Gasteiger partial charge in [0.15, 0.2) is 0 Å². The van der Waals surface area contributed by atoms with E-state index in [9.17, 15) is 9.59 Å². The number of ether oxygens (including phenoxy) is 2. The number of aromatic nitrogens is 1. The molecule has 0 radical (unpaired) electrons. The minimum atomic E-state index is -0.355. The van der Waals surface area contributed by atoms with Gasteiger partial charge in [-0.25, -0.2) is 0 Å². The second-order valence-electron chi connectivity index (χ2n) is 5.82. The fourth-order valence-corrected chi connectivity index (χ4v) is 2.62. The van der Waals surface area contributed by atoms with Crippen molar-refractivity contribution in [3.05, 3.63) is 54.2 Å². The molecular formula is C20H21N3O4. The van der Waals surface area contributed by atoms with Crippen LogP contribution in [0.4, 0.5) is 5.69 Å². The number of fused-ring (bicyclic) bond motifs is 1. The van der Waals surface area contributed by atoms with Crippen molar-refractivity contribution in [1.29, 1.82) is 0 Å². The Labute approximate surface area is 156 Å². The molecule has 0 atom stereocenters. The van der Waals surface area contributed by atoms with Crippen LogP contribution in [0.25, 0.3) is 10.9 Å². The fraction of sp³-hybridized carbons (Fsp3) is 0.200. The molecule has 3 N–H and O–H groups in total. The van der Waals surface area contributed by atoms with Crippen LogP contribution in [0.1, 0.15) is 17.4 Å². The molecule has 7 heteroatoms. The fourth-order valence-electron chi connectivity index (χ4n) is 2.62. The number of H-pyrrole nitrogens is 1. The van der Waals surface area contributed by atoms with Crippen molar-refractivity contribution in [2.75, 3.05) is 25.6 Å². The van der Waals surface area contributed by atoms with Gasteiger partial charge in [-0.1, -0.05) is 0 Å². The van der Waals surface area contributed by atoms with Crippen LogP contribution in [0.3, 0.4) is 0 Å². The van der Waals surface area contributed by atoms with Gasteiger partial charge in [-0.2, -0.15) is 0 Å². The van der Waals surface area contributed by atoms with Crippen molar-refractivity contribution in [1.82, 2.24) is 10.3 Å². The first-order valence-corrected chi connectivity index (χ1v) is 8.56. The molecule has 0 aliphatic rings. The maximum absolute atomic E-state index is 12.3. The Morgan fingerprint density at radius 1 is 1.04 bits per heavy atom. The van der Waals surface area contributed by atoms with Gasteiger partial charge in [0.25, 0.3) is 5.91 Å². The van der Waals surface area contributed by atoms with Crippen LogP contribution in [0.5, 0.6) is 11.5 Å². The number of methoxy groups -OCH3 is 1. The lowest BCUT2D eigenvalue weighted by Crippen LogP contribution is -2.33. The first kappa shape index (κ1) is 18.3. The lowest BCUT2D eigenvalue weighted by molar-refractivity contribution is -0.115. The molecule has 2 aromatic carbocycles. The van der Waals surface area contributed by atoms with Crippen LogP contribution in [0.15, 0.2) is 48.5 Å². The van der Waals surface area contributed by atoms with Crippen molar-refractivity contribution in [2.24, 2.45) is 0 Å². The minimum Gasteiger partial charge on any atom is -0.497 e. The summed E-state index contributed by atoms with van der Waals surface area (Å²) >= 11 is 0. The number of nitrogens with one attached hydrogen (secondary N) is 3. The number of anilines is 1. The molecule has 7 nitrogen and oxygen atoms in total. The topological polar surface area (TPSA) is 92.5 Å². The van der Waals surface area contributed by atoms with Crippen LogP contribution in [-0.4, -0.2) is 37.1 Å². The number of rotatable bonds is 7. The molecule has 0 fully saturated rings. The quantitative estimate of drug-likeness (QED) is 0.599. The average Bonchev–Trinajstić information content (AvgIpc) is 3.11. The van der Waals surface area contributed by atoms with Crippen LogP contribution >= 0.6 is 0 Å². The molecule has 2 amide bonds. The standard InChI is InChI=1S/C20H21N3O4/c1-3-27-15-8-5-14(6-9-15)22-19(24)12-21-20(25)18-10-13-4-7-16(26-2)11-17(13)23-18/h4-11,23H,3,12H2,1-2H3,(H,21,25)(H,22,24). The summed E-state index contributed by atoms with van der Waals surface area (Å²) in [5, 5.41) is 6.21. The molecule has 0 aliphatic carbocycles. The maximum Gasteiger partial charge on any atom is 0.268 e. The van der Waals surface area contributed by atoms with Crippen LogP contribution in [-0.2, 0) is 4.79 Å². The third-order valence-electron chi connectivity index (χ3n) is 3.93. The monoisotopic (exact) mass is 367 g/mol. The van der Waals surface area contributed by atoms with Gasteiger partial charge < -0.3 is 25.1 Å². The second-order valence-corrected chi connectivity index (χ2v) is 5.82. The smallest absolute Gasteiger partial charge is 0.268 e. The van der Waals surface area contributed by atoms with E-state index >= 15 is 0 Å². The van der Waals surface area contributed by atoms with Crippen LogP contribution in [0, 0.1) is 0 Å². The Kier molecular flexibility index (Phi) is 5.61. The van der Waals surface area contributed by atoms with E-state index in [0.717, 1.165) is 16.7 Å². The van der Waals surface area contributed by atoms with Gasteiger partial charge in [-0.05, 0) is 49.4 Å². The molecule has 27 heavy (non-hydrogen) atoms. The highest BCUT2D eigenvalue weighted by atomic mass is 16.5. The zero-order chi connectivity index (χ0) is 19.2. The summed E-state index contributed by atoms with van der Waals surface area (Å²) in [6.45, 7) is 2.35. The molecule has 1 aromatic heterocycles. The number of carbonyl (C=O) groups excluding carboxylic acids is 2. The molecule has 0 spiro atoms. The Morgan fingerprint density at radius 3 is 2.48 bits per heavy atom. The SMILES string of the molecule is CCOc1ccc(NC(=O)CNC(=O)c2cc3ccc(OC)cc3[nH]2)cc1. The van der Waals surface area contributed by atoms with E-state index in [-0.39, 0.29) is 18.4 Å². The number of hydrogen-bond acceptors (Lipinski definition) is 4. The number of hydrogen-bond donors (Lipinski definition) is 3. The summed E-state index contributed by atoms with van der Waals surface area (Å²) in [5.74, 6) is 0.766. The van der Waals surface area contributed by atoms with Gasteiger partial charge in [0, 0.05) is 22.7 Å². The van der Waals surface area contributed by atoms with Crippen LogP contribution in [0.2, 0.25) is 0 Å². The molecule has 0 aliphatic heterocycles. The van der Waals surface area contributed by atoms with Crippen molar-refractivity contribution in [3.63, 3.8) is 0 Å². The van der Waals surface area contributed by atoms with Crippen molar-refractivity contribution >= 4 is 28.4 Å². The Morgan fingerprint density at radius 2 is 1.78 bits per heavy atom. The van der Waals surface area contributed by atoms with E-state index in [2.05, 4.69) is 15.6 Å². The lowest BCUT2D eigenvalue weighted by atomic mass is 10.2. The third kappa shape index (κ3) is 4.58. The molecule has 1 heterocycles. The number of amides is 2. The van der Waals surface area contributed by atoms with E-state index < -0.39 is 0 Å². The first-order chi connectivity index (χ1) is 13.1. The molecule has 140 valence electrons. The second kappa shape index (κ2) is 8.27. The normalized spacial score (nSPS) is 10.4. The highest BCUT2D eigenvalue weighted by Gasteiger charge is 2.11. The van der Waals surface area contributed by atoms with Gasteiger partial charge in [0.2, 0.25) is 5.91 Å². The molecule has 3 rings (SSSR count). The van der Waals surface area contributed by atoms with Crippen molar-refractivity contribution < 1.29 is 19.1 Å². The van der Waals surface area contributed by atoms with E-state index in [4.69, 9.17) is 9.47 Å². The molecule has 0 unspecified atom stereocenters. The Balaban J connectivity index is 1.55. The Bertz CT molecular complexity index is 948. The molecular weight excluding hydrogens is 346 g/mol. The number of aromatic amines is 1. The predicted octanol–water partition coefficient (Wildman–Crippen LogP) is 2.94. The van der Waals surface area contributed by atoms with Crippen molar-refractivity contribution in [3.8, 4) is 11.5 Å². The zero-order valence-corrected chi connectivity index (χ0v) is 15.2. The summed E-state index contributed by atoms with van der Waals surface area (Å²) in [6.07, 6.45) is 0. The first-order valence-electron chi connectivity index (χ1n) is 8.56. The predicted molar refractivity (Wildman–Crippen MR) is 103 cm³/mol. The Hall–Kier alpha value is -3.48. The third-order valence-corrected chi connectivity index (χ3v) is 3.93.